The van der Waals surface area contributed by atoms with Crippen molar-refractivity contribution >= 4 is 27.1 Å². The summed E-state index contributed by atoms with van der Waals surface area (Å²) in [6.07, 6.45) is -6.68. The summed E-state index contributed by atoms with van der Waals surface area (Å²) in [7, 11) is -3.49. The highest BCUT2D eigenvalue weighted by atomic mass is 32.2. The van der Waals surface area contributed by atoms with E-state index in [-0.39, 0.29) is 9.09 Å². The van der Waals surface area contributed by atoms with Crippen molar-refractivity contribution in [1.29, 1.82) is 0 Å². The molecule has 1 atom stereocenters. The second-order valence-electron chi connectivity index (χ2n) is 5.01. The molecule has 1 rings (SSSR count). The Morgan fingerprint density at radius 1 is 1.33 bits per heavy atom. The van der Waals surface area contributed by atoms with Gasteiger partial charge in [0.2, 0.25) is 0 Å². The predicted octanol–water partition coefficient (Wildman–Crippen LogP) is 1.58. The molecule has 0 aliphatic heterocycles. The lowest BCUT2D eigenvalue weighted by atomic mass is 9.96. The number of alkyl halides is 3. The van der Waals surface area contributed by atoms with Gasteiger partial charge in [-0.3, -0.25) is 4.79 Å². The molecule has 1 aromatic rings. The average molecular weight is 345 g/mol. The van der Waals surface area contributed by atoms with Gasteiger partial charge < -0.3 is 10.4 Å². The van der Waals surface area contributed by atoms with E-state index in [0.717, 1.165) is 20.1 Å². The molecule has 0 saturated carbocycles. The molecule has 1 heterocycles. The minimum absolute atomic E-state index is 0.0575. The maximum Gasteiger partial charge on any atom is 0.416 e. The van der Waals surface area contributed by atoms with Crippen molar-refractivity contribution in [2.45, 2.75) is 35.9 Å². The van der Waals surface area contributed by atoms with Crippen molar-refractivity contribution in [2.24, 2.45) is 0 Å². The Morgan fingerprint density at radius 2 is 1.86 bits per heavy atom. The second-order valence-corrected chi connectivity index (χ2v) is 8.34. The first-order valence-corrected chi connectivity index (χ1v) is 8.33. The monoisotopic (exact) mass is 345 g/mol. The molecule has 0 saturated heterocycles. The zero-order valence-electron chi connectivity index (χ0n) is 11.4. The minimum Gasteiger partial charge on any atom is -0.382 e. The minimum atomic E-state index is -4.88. The van der Waals surface area contributed by atoms with Gasteiger partial charge in [-0.1, -0.05) is 0 Å². The first-order valence-electron chi connectivity index (χ1n) is 5.62. The normalized spacial score (nSPS) is 14.8. The van der Waals surface area contributed by atoms with E-state index in [1.807, 2.05) is 0 Å². The number of nitrogens with one attached hydrogen (secondary N) is 1. The van der Waals surface area contributed by atoms with E-state index in [1.165, 1.54) is 12.1 Å². The third-order valence-electron chi connectivity index (χ3n) is 2.60. The number of sulfone groups is 1. The predicted molar refractivity (Wildman–Crippen MR) is 71.0 cm³/mol. The molecule has 0 aromatic carbocycles. The summed E-state index contributed by atoms with van der Waals surface area (Å²) >= 11 is 0.645. The lowest BCUT2D eigenvalue weighted by molar-refractivity contribution is -0.222. The number of amides is 1. The quantitative estimate of drug-likeness (QED) is 0.868. The molecule has 1 amide bonds. The van der Waals surface area contributed by atoms with Gasteiger partial charge in [0.05, 0.1) is 10.4 Å². The lowest BCUT2D eigenvalue weighted by Crippen LogP contribution is -2.57. The fourth-order valence-corrected chi connectivity index (χ4v) is 3.30. The van der Waals surface area contributed by atoms with Crippen LogP contribution < -0.4 is 5.32 Å². The molecule has 0 aliphatic rings. The molecule has 0 spiro atoms. The Balaban J connectivity index is 2.93. The Kier molecular flexibility index (Phi) is 4.76. The van der Waals surface area contributed by atoms with Crippen LogP contribution in [0.2, 0.25) is 0 Å². The summed E-state index contributed by atoms with van der Waals surface area (Å²) in [5.74, 6) is -0.886. The molecule has 0 radical (unpaired) electrons. The molecular weight excluding hydrogens is 331 g/mol. The van der Waals surface area contributed by atoms with Gasteiger partial charge in [0.1, 0.15) is 4.21 Å². The zero-order valence-corrected chi connectivity index (χ0v) is 13.0. The van der Waals surface area contributed by atoms with E-state index in [1.54, 1.807) is 0 Å². The van der Waals surface area contributed by atoms with Crippen LogP contribution in [-0.2, 0) is 9.84 Å². The molecule has 0 aliphatic carbocycles. The molecular formula is C11H14F3NO4S2. The molecule has 1 aromatic heterocycles. The van der Waals surface area contributed by atoms with Crippen LogP contribution in [0.5, 0.6) is 0 Å². The van der Waals surface area contributed by atoms with Gasteiger partial charge >= 0.3 is 6.18 Å². The molecule has 10 heteroatoms. The standard InChI is InChI=1S/C11H14F3NO4S2/c1-10(2,9(17)11(12,13)14)15-8(16)6-4-5-7(20-6)21(3,18)19/h4-5,9,17H,1-3H3,(H,15,16). The van der Waals surface area contributed by atoms with Crippen molar-refractivity contribution < 1.29 is 31.5 Å². The van der Waals surface area contributed by atoms with Gasteiger partial charge in [-0.15, -0.1) is 11.3 Å². The van der Waals surface area contributed by atoms with Gasteiger partial charge in [-0.05, 0) is 26.0 Å². The first-order chi connectivity index (χ1) is 9.25. The number of aliphatic hydroxyl groups is 1. The highest BCUT2D eigenvalue weighted by Gasteiger charge is 2.48. The second kappa shape index (κ2) is 5.58. The van der Waals surface area contributed by atoms with Crippen LogP contribution in [0, 0.1) is 0 Å². The molecule has 0 bridgehead atoms. The van der Waals surface area contributed by atoms with Gasteiger partial charge in [0, 0.05) is 6.26 Å². The van der Waals surface area contributed by atoms with Crippen molar-refractivity contribution in [3.63, 3.8) is 0 Å². The Hall–Kier alpha value is -1.13. The fraction of sp³-hybridized carbons (Fsp3) is 0.545. The Labute approximate surface area is 123 Å². The van der Waals surface area contributed by atoms with Crippen LogP contribution in [0.15, 0.2) is 16.3 Å². The number of hydrogen-bond acceptors (Lipinski definition) is 5. The largest absolute Gasteiger partial charge is 0.416 e. The lowest BCUT2D eigenvalue weighted by Gasteiger charge is -2.32. The number of aliphatic hydroxyl groups excluding tert-OH is 1. The SMILES string of the molecule is CC(C)(NC(=O)c1ccc(S(C)(=O)=O)s1)C(O)C(F)(F)F. The van der Waals surface area contributed by atoms with Gasteiger partial charge in [-0.2, -0.15) is 13.2 Å². The summed E-state index contributed by atoms with van der Waals surface area (Å²) in [4.78, 5) is 11.8. The van der Waals surface area contributed by atoms with Crippen LogP contribution in [0.4, 0.5) is 13.2 Å². The molecule has 0 fully saturated rings. The number of rotatable bonds is 4. The van der Waals surface area contributed by atoms with Crippen molar-refractivity contribution in [2.75, 3.05) is 6.26 Å². The van der Waals surface area contributed by atoms with E-state index in [9.17, 15) is 31.5 Å². The van der Waals surface area contributed by atoms with E-state index < -0.39 is 33.6 Å². The summed E-state index contributed by atoms with van der Waals surface area (Å²) in [6, 6.07) is 2.40. The average Bonchev–Trinajstić information content (AvgIpc) is 2.74. The van der Waals surface area contributed by atoms with Crippen molar-refractivity contribution in [3.8, 4) is 0 Å². The summed E-state index contributed by atoms with van der Waals surface area (Å²) in [6.45, 7) is 2.04. The molecule has 2 N–H and O–H groups in total. The Bertz CT molecular complexity index is 634. The number of carbonyl (C=O) groups is 1. The fourth-order valence-electron chi connectivity index (χ4n) is 1.47. The van der Waals surface area contributed by atoms with Crippen molar-refractivity contribution in [3.05, 3.63) is 17.0 Å². The van der Waals surface area contributed by atoms with Crippen LogP contribution in [0.3, 0.4) is 0 Å². The van der Waals surface area contributed by atoms with E-state index in [0.29, 0.717) is 11.3 Å². The molecule has 120 valence electrons. The first kappa shape index (κ1) is 17.9. The topological polar surface area (TPSA) is 83.5 Å². The summed E-state index contributed by atoms with van der Waals surface area (Å²) in [5.41, 5.74) is -1.95. The summed E-state index contributed by atoms with van der Waals surface area (Å²) in [5, 5.41) is 11.3. The summed E-state index contributed by atoms with van der Waals surface area (Å²) < 4.78 is 59.9. The van der Waals surface area contributed by atoms with Gasteiger partial charge in [-0.25, -0.2) is 8.42 Å². The van der Waals surface area contributed by atoms with Crippen LogP contribution in [-0.4, -0.2) is 43.5 Å². The molecule has 5 nitrogen and oxygen atoms in total. The van der Waals surface area contributed by atoms with E-state index >= 15 is 0 Å². The number of hydrogen-bond donors (Lipinski definition) is 2. The van der Waals surface area contributed by atoms with Gasteiger partial charge in [0.15, 0.2) is 15.9 Å². The van der Waals surface area contributed by atoms with Gasteiger partial charge in [0.25, 0.3) is 5.91 Å². The number of thiophene rings is 1. The zero-order chi connectivity index (χ0) is 16.6. The van der Waals surface area contributed by atoms with Crippen LogP contribution in [0.25, 0.3) is 0 Å². The van der Waals surface area contributed by atoms with Crippen LogP contribution in [0.1, 0.15) is 23.5 Å². The highest BCUT2D eigenvalue weighted by molar-refractivity contribution is 7.92. The number of halogens is 3. The van der Waals surface area contributed by atoms with Crippen molar-refractivity contribution in [1.82, 2.24) is 5.32 Å². The Morgan fingerprint density at radius 3 is 2.24 bits per heavy atom. The third kappa shape index (κ3) is 4.42. The van der Waals surface area contributed by atoms with Crippen LogP contribution >= 0.6 is 11.3 Å². The van der Waals surface area contributed by atoms with E-state index in [4.69, 9.17) is 0 Å². The molecule has 1 unspecified atom stereocenters. The molecule has 21 heavy (non-hydrogen) atoms. The maximum absolute atomic E-state index is 12.5. The van der Waals surface area contributed by atoms with E-state index in [2.05, 4.69) is 5.32 Å². The maximum atomic E-state index is 12.5. The number of carbonyl (C=O) groups excluding carboxylic acids is 1. The smallest absolute Gasteiger partial charge is 0.382 e. The third-order valence-corrected chi connectivity index (χ3v) is 5.50. The highest BCUT2D eigenvalue weighted by Crippen LogP contribution is 2.29.